The second-order valence-electron chi connectivity index (χ2n) is 8.57. The van der Waals surface area contributed by atoms with E-state index in [1.165, 1.54) is 0 Å². The molecule has 0 aliphatic carbocycles. The van der Waals surface area contributed by atoms with Crippen molar-refractivity contribution >= 4 is 12.4 Å². The molecule has 0 amide bonds. The number of ether oxygens (including phenoxy) is 2. The minimum Gasteiger partial charge on any atom is -0.507 e. The van der Waals surface area contributed by atoms with Crippen LogP contribution in [0.3, 0.4) is 0 Å². The molecule has 2 unspecified atom stereocenters. The molecule has 0 radical (unpaired) electrons. The lowest BCUT2D eigenvalue weighted by atomic mass is 9.94. The molecule has 4 aromatic carbocycles. The van der Waals surface area contributed by atoms with Crippen LogP contribution in [0.25, 0.3) is 0 Å². The molecule has 0 aliphatic rings. The van der Waals surface area contributed by atoms with Crippen LogP contribution in [0.5, 0.6) is 23.0 Å². The summed E-state index contributed by atoms with van der Waals surface area (Å²) >= 11 is 0. The van der Waals surface area contributed by atoms with Crippen LogP contribution in [0.15, 0.2) is 107 Å². The van der Waals surface area contributed by atoms with Gasteiger partial charge in [0.15, 0.2) is 0 Å². The zero-order chi connectivity index (χ0) is 26.7. The number of aliphatic imine (C=N–C) groups is 2. The van der Waals surface area contributed by atoms with Crippen LogP contribution in [-0.2, 0) is 0 Å². The van der Waals surface area contributed by atoms with Gasteiger partial charge >= 0.3 is 0 Å². The minimum absolute atomic E-state index is 0.112. The Bertz CT molecular complexity index is 1260. The van der Waals surface area contributed by atoms with E-state index in [1.54, 1.807) is 48.8 Å². The van der Waals surface area contributed by atoms with E-state index in [0.717, 1.165) is 11.1 Å². The smallest absolute Gasteiger partial charge is 0.124 e. The van der Waals surface area contributed by atoms with Crippen LogP contribution in [0, 0.1) is 0 Å². The predicted molar refractivity (Wildman–Crippen MR) is 152 cm³/mol. The van der Waals surface area contributed by atoms with Crippen molar-refractivity contribution < 1.29 is 19.7 Å². The van der Waals surface area contributed by atoms with E-state index in [0.29, 0.717) is 35.8 Å². The van der Waals surface area contributed by atoms with E-state index in [9.17, 15) is 10.2 Å². The molecular formula is C32H32N2O4. The van der Waals surface area contributed by atoms with Gasteiger partial charge in [0.05, 0.1) is 13.2 Å². The van der Waals surface area contributed by atoms with E-state index >= 15 is 0 Å². The summed E-state index contributed by atoms with van der Waals surface area (Å²) in [6.07, 6.45) is 3.32. The van der Waals surface area contributed by atoms with Gasteiger partial charge in [-0.3, -0.25) is 9.98 Å². The molecule has 6 nitrogen and oxygen atoms in total. The van der Waals surface area contributed by atoms with E-state index in [4.69, 9.17) is 19.5 Å². The molecule has 38 heavy (non-hydrogen) atoms. The zero-order valence-electron chi connectivity index (χ0n) is 21.6. The molecule has 0 fully saturated rings. The Morgan fingerprint density at radius 1 is 0.605 bits per heavy atom. The van der Waals surface area contributed by atoms with Crippen molar-refractivity contribution in [3.05, 3.63) is 119 Å². The third kappa shape index (κ3) is 6.79. The second kappa shape index (κ2) is 13.1. The van der Waals surface area contributed by atoms with Crippen LogP contribution in [0.4, 0.5) is 0 Å². The first kappa shape index (κ1) is 26.5. The van der Waals surface area contributed by atoms with Gasteiger partial charge in [0, 0.05) is 23.6 Å². The van der Waals surface area contributed by atoms with Crippen molar-refractivity contribution in [3.63, 3.8) is 0 Å². The van der Waals surface area contributed by atoms with Gasteiger partial charge in [-0.2, -0.15) is 0 Å². The van der Waals surface area contributed by atoms with Gasteiger partial charge in [-0.1, -0.05) is 60.7 Å². The first-order valence-electron chi connectivity index (χ1n) is 12.7. The molecule has 4 aromatic rings. The number of hydrogen-bond acceptors (Lipinski definition) is 6. The minimum atomic E-state index is -0.415. The van der Waals surface area contributed by atoms with Crippen molar-refractivity contribution in [2.45, 2.75) is 25.9 Å². The quantitative estimate of drug-likeness (QED) is 0.216. The van der Waals surface area contributed by atoms with E-state index in [1.807, 2.05) is 74.5 Å². The summed E-state index contributed by atoms with van der Waals surface area (Å²) in [4.78, 5) is 9.89. The van der Waals surface area contributed by atoms with E-state index in [-0.39, 0.29) is 11.5 Å². The molecule has 0 aromatic heterocycles. The Labute approximate surface area is 223 Å². The lowest BCUT2D eigenvalue weighted by Gasteiger charge is -2.22. The van der Waals surface area contributed by atoms with Gasteiger partial charge in [-0.15, -0.1) is 0 Å². The maximum absolute atomic E-state index is 10.5. The number of hydrogen-bond donors (Lipinski definition) is 2. The van der Waals surface area contributed by atoms with E-state index in [2.05, 4.69) is 0 Å². The normalized spacial score (nSPS) is 13.0. The van der Waals surface area contributed by atoms with Gasteiger partial charge in [0.25, 0.3) is 0 Å². The van der Waals surface area contributed by atoms with Crippen molar-refractivity contribution in [1.29, 1.82) is 0 Å². The number of benzene rings is 4. The first-order chi connectivity index (χ1) is 18.6. The molecule has 0 saturated carbocycles. The Morgan fingerprint density at radius 2 is 1.00 bits per heavy atom. The fraction of sp³-hybridized carbons (Fsp3) is 0.188. The fourth-order valence-electron chi connectivity index (χ4n) is 4.11. The number of aromatic hydroxyl groups is 2. The van der Waals surface area contributed by atoms with E-state index < -0.39 is 12.1 Å². The molecule has 0 saturated heterocycles. The summed E-state index contributed by atoms with van der Waals surface area (Å²) < 4.78 is 11.2. The maximum Gasteiger partial charge on any atom is 0.124 e. The predicted octanol–water partition coefficient (Wildman–Crippen LogP) is 6.92. The van der Waals surface area contributed by atoms with Crippen molar-refractivity contribution in [2.24, 2.45) is 9.98 Å². The van der Waals surface area contributed by atoms with Gasteiger partial charge in [-0.05, 0) is 61.4 Å². The number of phenols is 2. The summed E-state index contributed by atoms with van der Waals surface area (Å²) in [5, 5.41) is 21.0. The number of rotatable bonds is 11. The van der Waals surface area contributed by atoms with Crippen LogP contribution in [-0.4, -0.2) is 35.9 Å². The molecule has 6 heteroatoms. The molecule has 0 bridgehead atoms. The van der Waals surface area contributed by atoms with Crippen LogP contribution >= 0.6 is 0 Å². The lowest BCUT2D eigenvalue weighted by molar-refractivity contribution is 0.339. The van der Waals surface area contributed by atoms with Crippen molar-refractivity contribution in [3.8, 4) is 23.0 Å². The third-order valence-electron chi connectivity index (χ3n) is 5.95. The maximum atomic E-state index is 10.5. The Balaban J connectivity index is 1.78. The van der Waals surface area contributed by atoms with Gasteiger partial charge in [0.2, 0.25) is 0 Å². The molecule has 0 heterocycles. The molecule has 2 atom stereocenters. The van der Waals surface area contributed by atoms with Gasteiger partial charge in [0.1, 0.15) is 35.1 Å². The standard InChI is InChI=1S/C32H32N2O4/c1-3-37-27-15-17-29(35)25(19-27)21-33-31(23-11-7-5-8-12-23)32(24-13-9-6-10-14-24)34-22-26-20-28(38-4-2)16-18-30(26)36/h5-22,31-32,35-36H,3-4H2,1-2H3. The summed E-state index contributed by atoms with van der Waals surface area (Å²) in [7, 11) is 0. The summed E-state index contributed by atoms with van der Waals surface area (Å²) in [5.74, 6) is 1.54. The Morgan fingerprint density at radius 3 is 1.37 bits per heavy atom. The molecule has 4 rings (SSSR count). The second-order valence-corrected chi connectivity index (χ2v) is 8.57. The highest BCUT2D eigenvalue weighted by Crippen LogP contribution is 2.36. The average Bonchev–Trinajstić information content (AvgIpc) is 2.95. The molecule has 2 N–H and O–H groups in total. The van der Waals surface area contributed by atoms with Crippen LogP contribution < -0.4 is 9.47 Å². The third-order valence-corrected chi connectivity index (χ3v) is 5.95. The zero-order valence-corrected chi connectivity index (χ0v) is 21.6. The number of phenolic OH excluding ortho intramolecular Hbond substituents is 2. The Hall–Kier alpha value is -4.58. The molecule has 194 valence electrons. The Kier molecular flexibility index (Phi) is 9.13. The fourth-order valence-corrected chi connectivity index (χ4v) is 4.11. The monoisotopic (exact) mass is 508 g/mol. The summed E-state index contributed by atoms with van der Waals surface area (Å²) in [6.45, 7) is 4.87. The van der Waals surface area contributed by atoms with Crippen LogP contribution in [0.1, 0.15) is 48.2 Å². The van der Waals surface area contributed by atoms with Crippen molar-refractivity contribution in [1.82, 2.24) is 0 Å². The molecule has 0 spiro atoms. The number of nitrogens with zero attached hydrogens (tertiary/aromatic N) is 2. The average molecular weight is 509 g/mol. The van der Waals surface area contributed by atoms with Gasteiger partial charge < -0.3 is 19.7 Å². The lowest BCUT2D eigenvalue weighted by Crippen LogP contribution is -2.09. The van der Waals surface area contributed by atoms with Crippen molar-refractivity contribution in [2.75, 3.05) is 13.2 Å². The molecule has 0 aliphatic heterocycles. The topological polar surface area (TPSA) is 83.6 Å². The SMILES string of the molecule is CCOc1ccc(O)c(C=NC(c2ccccc2)C(N=Cc2cc(OCC)ccc2O)c2ccccc2)c1. The summed E-state index contributed by atoms with van der Waals surface area (Å²) in [5.41, 5.74) is 3.02. The highest BCUT2D eigenvalue weighted by Gasteiger charge is 2.23. The molecular weight excluding hydrogens is 476 g/mol. The summed E-state index contributed by atoms with van der Waals surface area (Å²) in [6, 6.07) is 29.2. The first-order valence-corrected chi connectivity index (χ1v) is 12.7. The van der Waals surface area contributed by atoms with Gasteiger partial charge in [-0.25, -0.2) is 0 Å². The van der Waals surface area contributed by atoms with Crippen LogP contribution in [0.2, 0.25) is 0 Å². The highest BCUT2D eigenvalue weighted by atomic mass is 16.5. The largest absolute Gasteiger partial charge is 0.507 e. The highest BCUT2D eigenvalue weighted by molar-refractivity contribution is 5.85.